The first kappa shape index (κ1) is 24.9. The van der Waals surface area contributed by atoms with Gasteiger partial charge in [0.15, 0.2) is 0 Å². The minimum atomic E-state index is -4.01. The summed E-state index contributed by atoms with van der Waals surface area (Å²) in [7, 11) is -4.01. The fourth-order valence-electron chi connectivity index (χ4n) is 3.11. The van der Waals surface area contributed by atoms with Crippen molar-refractivity contribution in [3.63, 3.8) is 0 Å². The molecule has 0 aliphatic rings. The molecule has 0 aliphatic carbocycles. The van der Waals surface area contributed by atoms with Gasteiger partial charge in [-0.3, -0.25) is 9.10 Å². The number of nitrogens with one attached hydrogen (secondary N) is 1. The van der Waals surface area contributed by atoms with Crippen LogP contribution in [0.25, 0.3) is 0 Å². The summed E-state index contributed by atoms with van der Waals surface area (Å²) < 4.78 is 33.3. The molecule has 1 amide bonds. The number of benzene rings is 3. The molecular formula is C24H24Cl2N2O4S. The molecule has 3 aromatic rings. The molecule has 0 saturated heterocycles. The van der Waals surface area contributed by atoms with Gasteiger partial charge in [-0.2, -0.15) is 0 Å². The van der Waals surface area contributed by atoms with Crippen LogP contribution in [0.15, 0.2) is 77.7 Å². The van der Waals surface area contributed by atoms with Crippen molar-refractivity contribution in [1.82, 2.24) is 5.32 Å². The van der Waals surface area contributed by atoms with Crippen molar-refractivity contribution in [2.45, 2.75) is 18.2 Å². The molecule has 0 saturated carbocycles. The van der Waals surface area contributed by atoms with Gasteiger partial charge >= 0.3 is 0 Å². The van der Waals surface area contributed by atoms with Crippen LogP contribution >= 0.6 is 23.2 Å². The van der Waals surface area contributed by atoms with E-state index in [1.54, 1.807) is 36.4 Å². The fourth-order valence-corrected chi connectivity index (χ4v) is 4.78. The van der Waals surface area contributed by atoms with Crippen molar-refractivity contribution in [3.05, 3.63) is 88.4 Å². The number of nitrogens with zero attached hydrogens (tertiary/aromatic N) is 1. The van der Waals surface area contributed by atoms with Crippen LogP contribution in [0.2, 0.25) is 10.0 Å². The van der Waals surface area contributed by atoms with E-state index in [0.717, 1.165) is 9.87 Å². The van der Waals surface area contributed by atoms with Crippen molar-refractivity contribution < 1.29 is 17.9 Å². The van der Waals surface area contributed by atoms with Crippen LogP contribution in [0.4, 0.5) is 5.69 Å². The Morgan fingerprint density at radius 1 is 0.909 bits per heavy atom. The monoisotopic (exact) mass is 506 g/mol. The Kier molecular flexibility index (Phi) is 8.61. The topological polar surface area (TPSA) is 75.7 Å². The molecule has 3 aromatic carbocycles. The van der Waals surface area contributed by atoms with Gasteiger partial charge in [0.1, 0.15) is 12.3 Å². The highest BCUT2D eigenvalue weighted by Gasteiger charge is 2.27. The molecule has 6 nitrogen and oxygen atoms in total. The van der Waals surface area contributed by atoms with Gasteiger partial charge in [-0.1, -0.05) is 35.3 Å². The van der Waals surface area contributed by atoms with Gasteiger partial charge in [-0.25, -0.2) is 8.42 Å². The van der Waals surface area contributed by atoms with Gasteiger partial charge in [0, 0.05) is 16.6 Å². The van der Waals surface area contributed by atoms with Gasteiger partial charge in [0.25, 0.3) is 10.0 Å². The van der Waals surface area contributed by atoms with Crippen LogP contribution in [0, 0.1) is 0 Å². The Labute approximate surface area is 204 Å². The maximum atomic E-state index is 13.4. The summed E-state index contributed by atoms with van der Waals surface area (Å²) in [5.41, 5.74) is 1.36. The predicted octanol–water partition coefficient (Wildman–Crippen LogP) is 4.95. The van der Waals surface area contributed by atoms with Gasteiger partial charge < -0.3 is 10.1 Å². The zero-order valence-electron chi connectivity index (χ0n) is 18.0. The number of sulfonamides is 1. The average molecular weight is 507 g/mol. The van der Waals surface area contributed by atoms with Gasteiger partial charge in [-0.05, 0) is 79.6 Å². The Bertz CT molecular complexity index is 1170. The van der Waals surface area contributed by atoms with Crippen LogP contribution in [0.3, 0.4) is 0 Å². The maximum absolute atomic E-state index is 13.4. The quantitative estimate of drug-likeness (QED) is 0.422. The average Bonchev–Trinajstić information content (AvgIpc) is 2.80. The second-order valence-corrected chi connectivity index (χ2v) is 9.85. The van der Waals surface area contributed by atoms with Crippen molar-refractivity contribution >= 4 is 44.8 Å². The normalized spacial score (nSPS) is 11.1. The highest BCUT2D eigenvalue weighted by Crippen LogP contribution is 2.26. The van der Waals surface area contributed by atoms with E-state index >= 15 is 0 Å². The number of hydrogen-bond donors (Lipinski definition) is 1. The van der Waals surface area contributed by atoms with Gasteiger partial charge in [0.05, 0.1) is 17.2 Å². The van der Waals surface area contributed by atoms with Crippen LogP contribution in [-0.2, 0) is 21.2 Å². The van der Waals surface area contributed by atoms with Crippen molar-refractivity contribution in [2.24, 2.45) is 0 Å². The van der Waals surface area contributed by atoms with Crippen molar-refractivity contribution in [1.29, 1.82) is 0 Å². The molecular weight excluding hydrogens is 483 g/mol. The molecule has 3 rings (SSSR count). The molecule has 9 heteroatoms. The number of anilines is 1. The molecule has 0 bridgehead atoms. The molecule has 0 heterocycles. The zero-order valence-corrected chi connectivity index (χ0v) is 20.3. The first-order chi connectivity index (χ1) is 15.8. The number of hydrogen-bond acceptors (Lipinski definition) is 4. The van der Waals surface area contributed by atoms with E-state index in [2.05, 4.69) is 5.32 Å². The SMILES string of the molecule is CCOc1ccc(N(CC(=O)NCCc2ccc(Cl)cc2)S(=O)(=O)c2ccc(Cl)cc2)cc1. The lowest BCUT2D eigenvalue weighted by Gasteiger charge is -2.24. The molecule has 174 valence electrons. The number of carbonyl (C=O) groups is 1. The first-order valence-electron chi connectivity index (χ1n) is 10.3. The molecule has 0 spiro atoms. The highest BCUT2D eigenvalue weighted by molar-refractivity contribution is 7.92. The van der Waals surface area contributed by atoms with Gasteiger partial charge in [0.2, 0.25) is 5.91 Å². The fraction of sp³-hybridized carbons (Fsp3) is 0.208. The van der Waals surface area contributed by atoms with E-state index in [1.807, 2.05) is 19.1 Å². The van der Waals surface area contributed by atoms with Gasteiger partial charge in [-0.15, -0.1) is 0 Å². The zero-order chi connectivity index (χ0) is 23.8. The molecule has 0 unspecified atom stereocenters. The van der Waals surface area contributed by atoms with E-state index in [0.29, 0.717) is 41.1 Å². The molecule has 0 radical (unpaired) electrons. The van der Waals surface area contributed by atoms with E-state index in [-0.39, 0.29) is 11.4 Å². The summed E-state index contributed by atoms with van der Waals surface area (Å²) in [4.78, 5) is 12.7. The van der Waals surface area contributed by atoms with Crippen molar-refractivity contribution in [3.8, 4) is 5.75 Å². The summed E-state index contributed by atoms with van der Waals surface area (Å²) in [5.74, 6) is 0.188. The summed E-state index contributed by atoms with van der Waals surface area (Å²) >= 11 is 11.8. The predicted molar refractivity (Wildman–Crippen MR) is 132 cm³/mol. The second kappa shape index (κ2) is 11.4. The van der Waals surface area contributed by atoms with Crippen LogP contribution in [-0.4, -0.2) is 34.0 Å². The van der Waals surface area contributed by atoms with Crippen molar-refractivity contribution in [2.75, 3.05) is 24.0 Å². The largest absolute Gasteiger partial charge is 0.494 e. The minimum absolute atomic E-state index is 0.0368. The Balaban J connectivity index is 1.78. The Hall–Kier alpha value is -2.74. The van der Waals surface area contributed by atoms with E-state index in [4.69, 9.17) is 27.9 Å². The first-order valence-corrected chi connectivity index (χ1v) is 12.5. The summed E-state index contributed by atoms with van der Waals surface area (Å²) in [6, 6.07) is 19.7. The highest BCUT2D eigenvalue weighted by atomic mass is 35.5. The number of rotatable bonds is 10. The Morgan fingerprint density at radius 3 is 2.06 bits per heavy atom. The summed E-state index contributed by atoms with van der Waals surface area (Å²) in [5, 5.41) is 3.84. The van der Waals surface area contributed by atoms with E-state index < -0.39 is 15.9 Å². The Morgan fingerprint density at radius 2 is 1.48 bits per heavy atom. The van der Waals surface area contributed by atoms with Crippen LogP contribution in [0.1, 0.15) is 12.5 Å². The summed E-state index contributed by atoms with van der Waals surface area (Å²) in [6.07, 6.45) is 0.593. The standard InChI is InChI=1S/C24H24Cl2N2O4S/c1-2-32-22-11-9-21(10-12-22)28(33(30,31)23-13-7-20(26)8-14-23)17-24(29)27-16-15-18-3-5-19(25)6-4-18/h3-14H,2,15-17H2,1H3,(H,27,29). The smallest absolute Gasteiger partial charge is 0.264 e. The number of carbonyl (C=O) groups excluding carboxylic acids is 1. The summed E-state index contributed by atoms with van der Waals surface area (Å²) in [6.45, 7) is 2.33. The van der Waals surface area contributed by atoms with E-state index in [9.17, 15) is 13.2 Å². The lowest BCUT2D eigenvalue weighted by molar-refractivity contribution is -0.119. The third-order valence-corrected chi connectivity index (χ3v) is 7.07. The van der Waals surface area contributed by atoms with Crippen LogP contribution in [0.5, 0.6) is 5.75 Å². The molecule has 33 heavy (non-hydrogen) atoms. The lowest BCUT2D eigenvalue weighted by atomic mass is 10.1. The molecule has 0 aromatic heterocycles. The third kappa shape index (κ3) is 6.87. The second-order valence-electron chi connectivity index (χ2n) is 7.12. The molecule has 0 fully saturated rings. The third-order valence-electron chi connectivity index (χ3n) is 4.77. The number of ether oxygens (including phenoxy) is 1. The molecule has 0 atom stereocenters. The minimum Gasteiger partial charge on any atom is -0.494 e. The number of amides is 1. The molecule has 1 N–H and O–H groups in total. The molecule has 0 aliphatic heterocycles. The lowest BCUT2D eigenvalue weighted by Crippen LogP contribution is -2.41. The van der Waals surface area contributed by atoms with Crippen LogP contribution < -0.4 is 14.4 Å². The number of halogens is 2. The maximum Gasteiger partial charge on any atom is 0.264 e. The van der Waals surface area contributed by atoms with E-state index in [1.165, 1.54) is 24.3 Å².